The van der Waals surface area contributed by atoms with Crippen molar-refractivity contribution in [1.29, 1.82) is 0 Å². The highest BCUT2D eigenvalue weighted by Gasteiger charge is 2.46. The average Bonchev–Trinajstić information content (AvgIpc) is 3.11. The van der Waals surface area contributed by atoms with E-state index in [4.69, 9.17) is 9.47 Å². The number of aryl methyl sites for hydroxylation is 2. The Bertz CT molecular complexity index is 756. The van der Waals surface area contributed by atoms with Gasteiger partial charge in [-0.3, -0.25) is 4.79 Å². The number of rotatable bonds is 7. The Labute approximate surface area is 164 Å². The van der Waals surface area contributed by atoms with Gasteiger partial charge in [-0.2, -0.15) is 4.48 Å². The zero-order valence-corrected chi connectivity index (χ0v) is 16.8. The molecule has 8 heteroatoms. The molecule has 1 aromatic rings. The summed E-state index contributed by atoms with van der Waals surface area (Å²) < 4.78 is 14.7. The third-order valence-electron chi connectivity index (χ3n) is 4.64. The van der Waals surface area contributed by atoms with Crippen LogP contribution in [0.3, 0.4) is 0 Å². The highest BCUT2D eigenvalue weighted by atomic mass is 16.6. The quantitative estimate of drug-likeness (QED) is 0.404. The van der Waals surface area contributed by atoms with E-state index in [1.165, 1.54) is 19.1 Å². The molecule has 1 aromatic carbocycles. The van der Waals surface area contributed by atoms with Gasteiger partial charge in [-0.15, -0.1) is 0 Å². The number of nitrogens with zero attached hydrogens (tertiary/aromatic N) is 2. The first-order valence-electron chi connectivity index (χ1n) is 9.02. The summed E-state index contributed by atoms with van der Waals surface area (Å²) in [6, 6.07) is 5.80. The molecule has 0 saturated carbocycles. The molecule has 28 heavy (non-hydrogen) atoms. The summed E-state index contributed by atoms with van der Waals surface area (Å²) in [5, 5.41) is 0. The monoisotopic (exact) mass is 391 g/mol. The maximum Gasteiger partial charge on any atom is 0.418 e. The Morgan fingerprint density at radius 1 is 1.14 bits per heavy atom. The van der Waals surface area contributed by atoms with E-state index in [1.807, 2.05) is 32.0 Å². The van der Waals surface area contributed by atoms with Crippen LogP contribution < -0.4 is 4.48 Å². The van der Waals surface area contributed by atoms with Gasteiger partial charge in [0.1, 0.15) is 6.20 Å². The van der Waals surface area contributed by atoms with Crippen molar-refractivity contribution in [1.82, 2.24) is 9.38 Å². The third-order valence-corrected chi connectivity index (χ3v) is 4.64. The number of carbonyl (C=O) groups is 3. The highest BCUT2D eigenvalue weighted by molar-refractivity contribution is 5.93. The summed E-state index contributed by atoms with van der Waals surface area (Å²) in [6.07, 6.45) is 3.22. The van der Waals surface area contributed by atoms with E-state index in [9.17, 15) is 14.4 Å². The van der Waals surface area contributed by atoms with Gasteiger partial charge in [0.15, 0.2) is 19.0 Å². The van der Waals surface area contributed by atoms with Crippen molar-refractivity contribution >= 4 is 23.7 Å². The highest BCUT2D eigenvalue weighted by Crippen LogP contribution is 2.35. The molecular weight excluding hydrogens is 364 g/mol. The van der Waals surface area contributed by atoms with Gasteiger partial charge in [0, 0.05) is 24.7 Å². The summed E-state index contributed by atoms with van der Waals surface area (Å²) in [4.78, 5) is 37.9. The maximum absolute atomic E-state index is 13.0. The number of ether oxygens (including phenoxy) is 3. The summed E-state index contributed by atoms with van der Waals surface area (Å²) in [5.74, 6) is -0.537. The number of hydrogen-bond donors (Lipinski definition) is 0. The molecule has 2 amide bonds. The van der Waals surface area contributed by atoms with Gasteiger partial charge in [0.25, 0.3) is 0 Å². The molecule has 0 bridgehead atoms. The van der Waals surface area contributed by atoms with Gasteiger partial charge >= 0.3 is 18.0 Å². The SMILES string of the molecule is COCC(=O)[N+]1(c2c(C)cccc2C)C=CN(C(=O)OCCCC(=O)OC)C1. The van der Waals surface area contributed by atoms with Crippen molar-refractivity contribution in [2.24, 2.45) is 0 Å². The second-order valence-electron chi connectivity index (χ2n) is 6.64. The Balaban J connectivity index is 2.16. The number of benzene rings is 1. The smallest absolute Gasteiger partial charge is 0.418 e. The molecule has 1 unspecified atom stereocenters. The lowest BCUT2D eigenvalue weighted by atomic mass is 10.1. The topological polar surface area (TPSA) is 82.1 Å². The van der Waals surface area contributed by atoms with Crippen LogP contribution in [0, 0.1) is 13.8 Å². The molecule has 0 saturated heterocycles. The van der Waals surface area contributed by atoms with Crippen molar-refractivity contribution in [3.63, 3.8) is 0 Å². The Morgan fingerprint density at radius 2 is 1.82 bits per heavy atom. The first-order chi connectivity index (χ1) is 13.4. The number of hydrogen-bond acceptors (Lipinski definition) is 6. The molecule has 0 fully saturated rings. The van der Waals surface area contributed by atoms with Gasteiger partial charge in [0.05, 0.1) is 19.9 Å². The molecular formula is C20H27N2O6+. The van der Waals surface area contributed by atoms with Crippen molar-refractivity contribution in [3.8, 4) is 0 Å². The predicted molar refractivity (Wildman–Crippen MR) is 103 cm³/mol. The van der Waals surface area contributed by atoms with E-state index in [-0.39, 0.29) is 42.7 Å². The summed E-state index contributed by atoms with van der Waals surface area (Å²) in [6.45, 7) is 3.96. The minimum absolute atomic E-state index is 0.0832. The number of methoxy groups -OCH3 is 2. The van der Waals surface area contributed by atoms with Gasteiger partial charge in [0.2, 0.25) is 0 Å². The minimum Gasteiger partial charge on any atom is -0.469 e. The lowest BCUT2D eigenvalue weighted by Crippen LogP contribution is -2.54. The number of esters is 1. The van der Waals surface area contributed by atoms with Crippen LogP contribution in [0.5, 0.6) is 0 Å². The van der Waals surface area contributed by atoms with Crippen LogP contribution >= 0.6 is 0 Å². The average molecular weight is 391 g/mol. The second kappa shape index (κ2) is 9.48. The van der Waals surface area contributed by atoms with E-state index in [0.717, 1.165) is 16.8 Å². The summed E-state index contributed by atoms with van der Waals surface area (Å²) in [5.41, 5.74) is 2.71. The molecule has 152 valence electrons. The summed E-state index contributed by atoms with van der Waals surface area (Å²) >= 11 is 0. The number of para-hydroxylation sites is 1. The second-order valence-corrected chi connectivity index (χ2v) is 6.64. The van der Waals surface area contributed by atoms with Crippen LogP contribution in [0.15, 0.2) is 30.6 Å². The molecule has 1 atom stereocenters. The van der Waals surface area contributed by atoms with Crippen LogP contribution in [-0.4, -0.2) is 57.0 Å². The number of carbonyl (C=O) groups excluding carboxylic acids is 3. The Hall–Kier alpha value is -2.71. The van der Waals surface area contributed by atoms with Crippen LogP contribution in [0.2, 0.25) is 0 Å². The van der Waals surface area contributed by atoms with E-state index in [0.29, 0.717) is 6.42 Å². The molecule has 8 nitrogen and oxygen atoms in total. The van der Waals surface area contributed by atoms with Crippen LogP contribution in [0.4, 0.5) is 10.5 Å². The van der Waals surface area contributed by atoms with E-state index < -0.39 is 6.09 Å². The van der Waals surface area contributed by atoms with E-state index in [1.54, 1.807) is 12.4 Å². The molecule has 1 aliphatic heterocycles. The van der Waals surface area contributed by atoms with E-state index in [2.05, 4.69) is 4.74 Å². The molecule has 0 aromatic heterocycles. The largest absolute Gasteiger partial charge is 0.469 e. The predicted octanol–water partition coefficient (Wildman–Crippen LogP) is 2.62. The fourth-order valence-electron chi connectivity index (χ4n) is 3.31. The Morgan fingerprint density at radius 3 is 2.43 bits per heavy atom. The molecule has 0 N–H and O–H groups in total. The van der Waals surface area contributed by atoms with Gasteiger partial charge in [-0.25, -0.2) is 14.5 Å². The molecule has 0 radical (unpaired) electrons. The molecule has 1 aliphatic rings. The fraction of sp³-hybridized carbons (Fsp3) is 0.450. The standard InChI is InChI=1S/C20H27N2O6/c1-15-7-5-8-16(2)19(15)22(17(23)13-26-3)11-10-21(14-22)20(25)28-12-6-9-18(24)27-4/h5,7-8,10-11H,6,9,12-14H2,1-4H3/q+1. The van der Waals surface area contributed by atoms with Crippen molar-refractivity contribution < 1.29 is 28.6 Å². The summed E-state index contributed by atoms with van der Waals surface area (Å²) in [7, 11) is 2.78. The number of amides is 2. The number of quaternary nitrogens is 1. The molecule has 1 heterocycles. The van der Waals surface area contributed by atoms with Crippen molar-refractivity contribution in [3.05, 3.63) is 41.7 Å². The van der Waals surface area contributed by atoms with Gasteiger partial charge < -0.3 is 14.2 Å². The lowest BCUT2D eigenvalue weighted by molar-refractivity contribution is -0.141. The lowest BCUT2D eigenvalue weighted by Gasteiger charge is -2.31. The zero-order valence-electron chi connectivity index (χ0n) is 16.8. The van der Waals surface area contributed by atoms with Gasteiger partial charge in [-0.1, -0.05) is 18.2 Å². The normalized spacial score (nSPS) is 18.2. The maximum atomic E-state index is 13.0. The zero-order chi connectivity index (χ0) is 20.7. The van der Waals surface area contributed by atoms with Gasteiger partial charge in [-0.05, 0) is 20.3 Å². The third kappa shape index (κ3) is 4.58. The molecule has 2 rings (SSSR count). The van der Waals surface area contributed by atoms with E-state index >= 15 is 0 Å². The minimum atomic E-state index is -0.572. The van der Waals surface area contributed by atoms with Crippen LogP contribution in [0.1, 0.15) is 24.0 Å². The molecule has 0 aliphatic carbocycles. The van der Waals surface area contributed by atoms with Crippen molar-refractivity contribution in [2.45, 2.75) is 26.7 Å². The van der Waals surface area contributed by atoms with Crippen LogP contribution in [-0.2, 0) is 23.8 Å². The first kappa shape index (κ1) is 21.6. The Kier molecular flexibility index (Phi) is 7.31. The fourth-order valence-corrected chi connectivity index (χ4v) is 3.31. The van der Waals surface area contributed by atoms with Crippen molar-refractivity contribution in [2.75, 3.05) is 34.1 Å². The molecule has 0 spiro atoms. The van der Waals surface area contributed by atoms with Crippen LogP contribution in [0.25, 0.3) is 0 Å². The first-order valence-corrected chi connectivity index (χ1v) is 9.02.